The number of amides is 1. The molecule has 2 N–H and O–H groups in total. The van der Waals surface area contributed by atoms with Crippen LogP contribution in [0.5, 0.6) is 0 Å². The number of carbonyl (C=O) groups is 2. The number of anilines is 1. The molecule has 0 aliphatic rings. The molecule has 0 spiro atoms. The first kappa shape index (κ1) is 13.3. The van der Waals surface area contributed by atoms with Crippen LogP contribution in [0, 0.1) is 0 Å². The molecule has 0 saturated heterocycles. The van der Waals surface area contributed by atoms with Gasteiger partial charge in [-0.2, -0.15) is 5.10 Å². The molecule has 0 unspecified atom stereocenters. The third kappa shape index (κ3) is 3.22. The molecule has 0 atom stereocenters. The summed E-state index contributed by atoms with van der Waals surface area (Å²) >= 11 is 3.28. The fraction of sp³-hybridized carbons (Fsp3) is 0.182. The van der Waals surface area contributed by atoms with E-state index in [2.05, 4.69) is 26.3 Å². The van der Waals surface area contributed by atoms with Gasteiger partial charge in [0.2, 0.25) is 0 Å². The molecule has 2 rings (SSSR count). The molecule has 0 aliphatic heterocycles. The number of carbonyl (C=O) groups excluding carboxylic acids is 1. The summed E-state index contributed by atoms with van der Waals surface area (Å²) < 4.78 is 3.71. The maximum atomic E-state index is 12.0. The third-order valence-corrected chi connectivity index (χ3v) is 2.82. The number of hydrogen-bond acceptors (Lipinski definition) is 3. The van der Waals surface area contributed by atoms with E-state index >= 15 is 0 Å². The zero-order chi connectivity index (χ0) is 14.0. The lowest BCUT2D eigenvalue weighted by molar-refractivity contribution is -0.137. The minimum absolute atomic E-state index is 0.244. The largest absolute Gasteiger partial charge is 0.480 e. The summed E-state index contributed by atoms with van der Waals surface area (Å²) in [7, 11) is 1.75. The van der Waals surface area contributed by atoms with Crippen molar-refractivity contribution in [2.24, 2.45) is 7.05 Å². The molecule has 0 fully saturated rings. The van der Waals surface area contributed by atoms with Gasteiger partial charge >= 0.3 is 5.97 Å². The quantitative estimate of drug-likeness (QED) is 0.886. The first-order valence-electron chi connectivity index (χ1n) is 5.34. The number of carboxylic acid groups (broad SMARTS) is 1. The van der Waals surface area contributed by atoms with Crippen LogP contribution < -0.4 is 5.32 Å². The maximum absolute atomic E-state index is 12.0. The fourth-order valence-electron chi connectivity index (χ4n) is 1.59. The number of halogens is 1. The van der Waals surface area contributed by atoms with Crippen LogP contribution in [0.2, 0.25) is 0 Å². The molecular formula is C11H11BrN4O3. The van der Waals surface area contributed by atoms with Gasteiger partial charge in [-0.3, -0.25) is 14.3 Å². The number of aryl methyl sites for hydroxylation is 1. The lowest BCUT2D eigenvalue weighted by atomic mass is 10.4. The normalized spacial score (nSPS) is 10.4. The van der Waals surface area contributed by atoms with Gasteiger partial charge in [-0.05, 0) is 22.0 Å². The average molecular weight is 327 g/mol. The Labute approximate surface area is 117 Å². The SMILES string of the molecule is Cn1cc(Br)cc1C(=O)Nc1ccn(CC(=O)O)n1. The van der Waals surface area contributed by atoms with Crippen LogP contribution in [0.4, 0.5) is 5.82 Å². The van der Waals surface area contributed by atoms with Gasteiger partial charge < -0.3 is 15.0 Å². The van der Waals surface area contributed by atoms with Crippen molar-refractivity contribution < 1.29 is 14.7 Å². The Morgan fingerprint density at radius 1 is 1.53 bits per heavy atom. The summed E-state index contributed by atoms with van der Waals surface area (Å²) in [6.45, 7) is -0.244. The van der Waals surface area contributed by atoms with Crippen molar-refractivity contribution in [1.29, 1.82) is 0 Å². The van der Waals surface area contributed by atoms with Crippen molar-refractivity contribution in [2.45, 2.75) is 6.54 Å². The zero-order valence-corrected chi connectivity index (χ0v) is 11.6. The Kier molecular flexibility index (Phi) is 3.70. The van der Waals surface area contributed by atoms with E-state index in [9.17, 15) is 9.59 Å². The summed E-state index contributed by atoms with van der Waals surface area (Å²) in [4.78, 5) is 22.5. The van der Waals surface area contributed by atoms with Crippen molar-refractivity contribution in [3.8, 4) is 0 Å². The van der Waals surface area contributed by atoms with E-state index in [4.69, 9.17) is 5.11 Å². The molecule has 7 nitrogen and oxygen atoms in total. The van der Waals surface area contributed by atoms with Crippen LogP contribution in [0.25, 0.3) is 0 Å². The molecule has 2 aromatic rings. The minimum atomic E-state index is -0.993. The second-order valence-electron chi connectivity index (χ2n) is 3.90. The summed E-state index contributed by atoms with van der Waals surface area (Å²) in [6.07, 6.45) is 3.25. The Morgan fingerprint density at radius 3 is 2.84 bits per heavy atom. The van der Waals surface area contributed by atoms with E-state index < -0.39 is 5.97 Å². The van der Waals surface area contributed by atoms with Crippen LogP contribution in [0.15, 0.2) is 29.0 Å². The summed E-state index contributed by atoms with van der Waals surface area (Å²) in [6, 6.07) is 3.22. The summed E-state index contributed by atoms with van der Waals surface area (Å²) in [5.41, 5.74) is 0.472. The molecule has 2 aromatic heterocycles. The molecule has 19 heavy (non-hydrogen) atoms. The van der Waals surface area contributed by atoms with Gasteiger partial charge in [0, 0.05) is 30.0 Å². The maximum Gasteiger partial charge on any atom is 0.325 e. The van der Waals surface area contributed by atoms with Gasteiger partial charge in [0.1, 0.15) is 12.2 Å². The molecule has 0 aromatic carbocycles. The van der Waals surface area contributed by atoms with Gasteiger partial charge in [-0.1, -0.05) is 0 Å². The molecule has 0 aliphatic carbocycles. The van der Waals surface area contributed by atoms with Gasteiger partial charge in [-0.25, -0.2) is 0 Å². The van der Waals surface area contributed by atoms with E-state index in [1.165, 1.54) is 10.9 Å². The zero-order valence-electron chi connectivity index (χ0n) is 10.00. The molecule has 1 amide bonds. The lowest BCUT2D eigenvalue weighted by Crippen LogP contribution is -2.16. The second-order valence-corrected chi connectivity index (χ2v) is 4.82. The lowest BCUT2D eigenvalue weighted by Gasteiger charge is -2.02. The number of carboxylic acids is 1. The second kappa shape index (κ2) is 5.27. The highest BCUT2D eigenvalue weighted by atomic mass is 79.9. The topological polar surface area (TPSA) is 89.2 Å². The Morgan fingerprint density at radius 2 is 2.26 bits per heavy atom. The molecule has 0 bridgehead atoms. The van der Waals surface area contributed by atoms with E-state index in [0.717, 1.165) is 4.47 Å². The third-order valence-electron chi connectivity index (χ3n) is 2.38. The smallest absolute Gasteiger partial charge is 0.325 e. The number of aliphatic carboxylic acids is 1. The van der Waals surface area contributed by atoms with E-state index in [1.54, 1.807) is 29.9 Å². The van der Waals surface area contributed by atoms with E-state index in [0.29, 0.717) is 11.5 Å². The van der Waals surface area contributed by atoms with Crippen molar-refractivity contribution >= 4 is 33.6 Å². The Balaban J connectivity index is 2.09. The molecule has 8 heteroatoms. The number of hydrogen-bond donors (Lipinski definition) is 2. The van der Waals surface area contributed by atoms with Crippen molar-refractivity contribution in [2.75, 3.05) is 5.32 Å². The number of nitrogens with one attached hydrogen (secondary N) is 1. The average Bonchev–Trinajstić information content (AvgIpc) is 2.84. The minimum Gasteiger partial charge on any atom is -0.480 e. The number of nitrogens with zero attached hydrogens (tertiary/aromatic N) is 3. The van der Waals surface area contributed by atoms with Crippen LogP contribution >= 0.6 is 15.9 Å². The molecule has 2 heterocycles. The van der Waals surface area contributed by atoms with Gasteiger partial charge in [0.25, 0.3) is 5.91 Å². The van der Waals surface area contributed by atoms with E-state index in [1.807, 2.05) is 0 Å². The number of aromatic nitrogens is 3. The van der Waals surface area contributed by atoms with Crippen LogP contribution in [-0.4, -0.2) is 31.3 Å². The van der Waals surface area contributed by atoms with Crippen molar-refractivity contribution in [3.05, 3.63) is 34.7 Å². The summed E-state index contributed by atoms with van der Waals surface area (Å²) in [5, 5.41) is 15.2. The molecule has 0 radical (unpaired) electrons. The standard InChI is InChI=1S/C11H11BrN4O3/c1-15-5-7(12)4-8(15)11(19)13-9-2-3-16(14-9)6-10(17)18/h2-5H,6H2,1H3,(H,17,18)(H,13,14,19). The number of rotatable bonds is 4. The molecular weight excluding hydrogens is 316 g/mol. The first-order valence-corrected chi connectivity index (χ1v) is 6.13. The van der Waals surface area contributed by atoms with Gasteiger partial charge in [-0.15, -0.1) is 0 Å². The van der Waals surface area contributed by atoms with Crippen LogP contribution in [0.1, 0.15) is 10.5 Å². The Bertz CT molecular complexity index is 632. The van der Waals surface area contributed by atoms with Gasteiger partial charge in [0.15, 0.2) is 5.82 Å². The van der Waals surface area contributed by atoms with Crippen LogP contribution in [0.3, 0.4) is 0 Å². The van der Waals surface area contributed by atoms with Crippen LogP contribution in [-0.2, 0) is 18.4 Å². The molecule has 100 valence electrons. The molecule has 0 saturated carbocycles. The summed E-state index contributed by atoms with van der Waals surface area (Å²) in [5.74, 6) is -0.996. The van der Waals surface area contributed by atoms with Crippen molar-refractivity contribution in [3.63, 3.8) is 0 Å². The first-order chi connectivity index (χ1) is 8.95. The highest BCUT2D eigenvalue weighted by molar-refractivity contribution is 9.10. The van der Waals surface area contributed by atoms with E-state index in [-0.39, 0.29) is 12.5 Å². The predicted molar refractivity (Wildman–Crippen MR) is 70.9 cm³/mol. The monoisotopic (exact) mass is 326 g/mol. The highest BCUT2D eigenvalue weighted by Crippen LogP contribution is 2.15. The van der Waals surface area contributed by atoms with Gasteiger partial charge in [0.05, 0.1) is 0 Å². The fourth-order valence-corrected chi connectivity index (χ4v) is 2.11. The highest BCUT2D eigenvalue weighted by Gasteiger charge is 2.12. The van der Waals surface area contributed by atoms with Crippen molar-refractivity contribution in [1.82, 2.24) is 14.3 Å². The Hall–Kier alpha value is -2.09. The predicted octanol–water partition coefficient (Wildman–Crippen LogP) is 1.32.